The maximum atomic E-state index is 12.5. The molecule has 3 rings (SSSR count). The summed E-state index contributed by atoms with van der Waals surface area (Å²) in [5.74, 6) is 0.554. The third-order valence-corrected chi connectivity index (χ3v) is 6.56. The van der Waals surface area contributed by atoms with Crippen LogP contribution < -0.4 is 10.1 Å². The van der Waals surface area contributed by atoms with E-state index in [9.17, 15) is 8.42 Å². The molecular weight excluding hydrogens is 372 g/mol. The minimum absolute atomic E-state index is 0.282. The Balaban J connectivity index is 2.09. The van der Waals surface area contributed by atoms with Crippen LogP contribution in [0.5, 0.6) is 5.75 Å². The van der Waals surface area contributed by atoms with E-state index in [1.54, 1.807) is 63.6 Å². The van der Waals surface area contributed by atoms with Crippen LogP contribution in [0.3, 0.4) is 0 Å². The summed E-state index contributed by atoms with van der Waals surface area (Å²) in [5.41, 5.74) is 2.23. The highest BCUT2D eigenvalue weighted by Gasteiger charge is 2.20. The van der Waals surface area contributed by atoms with Gasteiger partial charge >= 0.3 is 0 Å². The smallest absolute Gasteiger partial charge is 0.180 e. The van der Waals surface area contributed by atoms with E-state index >= 15 is 0 Å². The van der Waals surface area contributed by atoms with Crippen molar-refractivity contribution in [3.63, 3.8) is 0 Å². The fourth-order valence-electron chi connectivity index (χ4n) is 2.58. The monoisotopic (exact) mass is 390 g/mol. The van der Waals surface area contributed by atoms with Gasteiger partial charge in [-0.25, -0.2) is 8.42 Å². The van der Waals surface area contributed by atoms with E-state index in [2.05, 4.69) is 10.3 Å². The van der Waals surface area contributed by atoms with Gasteiger partial charge in [-0.1, -0.05) is 11.6 Å². The number of hydrogen-bond donors (Lipinski definition) is 1. The lowest BCUT2D eigenvalue weighted by atomic mass is 10.2. The molecule has 0 saturated carbocycles. The Hall–Kier alpha value is -2.31. The number of nitrogens with zero attached hydrogens (tertiary/aromatic N) is 1. The fraction of sp³-hybridized carbons (Fsp3) is 0.211. The van der Waals surface area contributed by atoms with Crippen LogP contribution in [-0.4, -0.2) is 25.8 Å². The fourth-order valence-corrected chi connectivity index (χ4v) is 3.86. The molecule has 1 N–H and O–H groups in total. The molecule has 0 bridgehead atoms. The Morgan fingerprint density at radius 3 is 2.58 bits per heavy atom. The van der Waals surface area contributed by atoms with Gasteiger partial charge in [0.05, 0.1) is 27.8 Å². The number of methoxy groups -OCH3 is 1. The van der Waals surface area contributed by atoms with Gasteiger partial charge in [0.25, 0.3) is 0 Å². The molecule has 1 aromatic heterocycles. The number of hydrogen-bond acceptors (Lipinski definition) is 5. The molecule has 0 spiro atoms. The molecule has 3 aromatic rings. The molecule has 26 heavy (non-hydrogen) atoms. The summed E-state index contributed by atoms with van der Waals surface area (Å²) in [4.78, 5) is 4.60. The maximum absolute atomic E-state index is 12.5. The number of fused-ring (bicyclic) bond motifs is 1. The van der Waals surface area contributed by atoms with Gasteiger partial charge in [0.1, 0.15) is 5.75 Å². The van der Waals surface area contributed by atoms with E-state index in [0.29, 0.717) is 16.3 Å². The third kappa shape index (κ3) is 3.48. The molecule has 0 radical (unpaired) electrons. The van der Waals surface area contributed by atoms with Crippen molar-refractivity contribution in [1.29, 1.82) is 0 Å². The molecule has 1 heterocycles. The van der Waals surface area contributed by atoms with Crippen LogP contribution in [0.15, 0.2) is 53.6 Å². The summed E-state index contributed by atoms with van der Waals surface area (Å²) in [6.07, 6.45) is 1.68. The van der Waals surface area contributed by atoms with Crippen molar-refractivity contribution in [1.82, 2.24) is 4.98 Å². The lowest BCUT2D eigenvalue weighted by Crippen LogP contribution is -2.13. The lowest BCUT2D eigenvalue weighted by Gasteiger charge is -2.13. The number of benzene rings is 2. The topological polar surface area (TPSA) is 68.3 Å². The molecule has 0 aliphatic heterocycles. The van der Waals surface area contributed by atoms with Crippen molar-refractivity contribution in [2.24, 2.45) is 0 Å². The van der Waals surface area contributed by atoms with Gasteiger partial charge in [0.15, 0.2) is 9.84 Å². The molecule has 0 atom stereocenters. The van der Waals surface area contributed by atoms with Crippen LogP contribution in [0.25, 0.3) is 10.9 Å². The van der Waals surface area contributed by atoms with E-state index in [1.807, 2.05) is 6.07 Å². The lowest BCUT2D eigenvalue weighted by molar-refractivity contribution is 0.415. The van der Waals surface area contributed by atoms with Gasteiger partial charge < -0.3 is 10.1 Å². The van der Waals surface area contributed by atoms with E-state index in [4.69, 9.17) is 16.3 Å². The van der Waals surface area contributed by atoms with Crippen LogP contribution in [0.4, 0.5) is 11.4 Å². The van der Waals surface area contributed by atoms with E-state index in [0.717, 1.165) is 16.8 Å². The highest BCUT2D eigenvalue weighted by molar-refractivity contribution is 7.92. The van der Waals surface area contributed by atoms with Crippen molar-refractivity contribution in [3.8, 4) is 5.75 Å². The highest BCUT2D eigenvalue weighted by atomic mass is 35.5. The molecule has 0 fully saturated rings. The second-order valence-electron chi connectivity index (χ2n) is 6.11. The number of nitrogens with one attached hydrogen (secondary N) is 1. The summed E-state index contributed by atoms with van der Waals surface area (Å²) in [7, 11) is -1.82. The number of halogens is 1. The molecule has 5 nitrogen and oxygen atoms in total. The average molecular weight is 391 g/mol. The molecular formula is C19H19ClN2O3S. The molecule has 0 aliphatic rings. The highest BCUT2D eigenvalue weighted by Crippen LogP contribution is 2.32. The van der Waals surface area contributed by atoms with Crippen molar-refractivity contribution < 1.29 is 13.2 Å². The first-order chi connectivity index (χ1) is 12.3. The zero-order valence-electron chi connectivity index (χ0n) is 14.7. The molecule has 7 heteroatoms. The predicted octanol–water partition coefficient (Wildman–Crippen LogP) is 4.82. The molecule has 0 aliphatic carbocycles. The number of anilines is 2. The molecule has 0 unspecified atom stereocenters. The standard InChI is InChI=1S/C19H19ClN2O3S/c1-12(2)26(23,24)14-5-7-17-15(11-14)18(8-9-21-17)22-13-4-6-16(20)19(10-13)25-3/h4-12H,1-3H3,(H,21,22). The first kappa shape index (κ1) is 18.5. The second kappa shape index (κ2) is 7.13. The summed E-state index contributed by atoms with van der Waals surface area (Å²) < 4.78 is 30.2. The van der Waals surface area contributed by atoms with Gasteiger partial charge in [-0.05, 0) is 50.2 Å². The first-order valence-electron chi connectivity index (χ1n) is 8.06. The zero-order chi connectivity index (χ0) is 18.9. The number of rotatable bonds is 5. The van der Waals surface area contributed by atoms with Gasteiger partial charge in [-0.2, -0.15) is 0 Å². The number of aromatic nitrogens is 1. The summed E-state index contributed by atoms with van der Waals surface area (Å²) in [6, 6.07) is 12.1. The van der Waals surface area contributed by atoms with Gasteiger partial charge in [-0.15, -0.1) is 0 Å². The first-order valence-corrected chi connectivity index (χ1v) is 9.98. The zero-order valence-corrected chi connectivity index (χ0v) is 16.2. The van der Waals surface area contributed by atoms with Crippen molar-refractivity contribution in [2.75, 3.05) is 12.4 Å². The maximum Gasteiger partial charge on any atom is 0.180 e. The van der Waals surface area contributed by atoms with Crippen molar-refractivity contribution >= 4 is 43.7 Å². The summed E-state index contributed by atoms with van der Waals surface area (Å²) in [6.45, 7) is 3.34. The summed E-state index contributed by atoms with van der Waals surface area (Å²) in [5, 5.41) is 4.03. The van der Waals surface area contributed by atoms with Crippen molar-refractivity contribution in [2.45, 2.75) is 24.0 Å². The van der Waals surface area contributed by atoms with Crippen molar-refractivity contribution in [3.05, 3.63) is 53.7 Å². The van der Waals surface area contributed by atoms with Crippen LogP contribution in [0.2, 0.25) is 5.02 Å². The summed E-state index contributed by atoms with van der Waals surface area (Å²) >= 11 is 6.07. The number of sulfone groups is 1. The van der Waals surface area contributed by atoms with E-state index < -0.39 is 15.1 Å². The Labute approximate surface area is 157 Å². The van der Waals surface area contributed by atoms with E-state index in [-0.39, 0.29) is 4.90 Å². The molecule has 0 saturated heterocycles. The minimum atomic E-state index is -3.37. The van der Waals surface area contributed by atoms with Gasteiger partial charge in [-0.3, -0.25) is 4.98 Å². The number of pyridine rings is 1. The molecule has 2 aromatic carbocycles. The molecule has 136 valence electrons. The largest absolute Gasteiger partial charge is 0.495 e. The van der Waals surface area contributed by atoms with Crippen LogP contribution in [0, 0.1) is 0 Å². The number of ether oxygens (including phenoxy) is 1. The van der Waals surface area contributed by atoms with E-state index in [1.165, 1.54) is 0 Å². The van der Waals surface area contributed by atoms with Crippen LogP contribution >= 0.6 is 11.6 Å². The Bertz CT molecular complexity index is 1070. The van der Waals surface area contributed by atoms with Gasteiger partial charge in [0.2, 0.25) is 0 Å². The average Bonchev–Trinajstić information content (AvgIpc) is 2.63. The predicted molar refractivity (Wildman–Crippen MR) is 105 cm³/mol. The Morgan fingerprint density at radius 2 is 1.88 bits per heavy atom. The van der Waals surface area contributed by atoms with Crippen LogP contribution in [-0.2, 0) is 9.84 Å². The normalized spacial score (nSPS) is 11.7. The second-order valence-corrected chi connectivity index (χ2v) is 9.02. The minimum Gasteiger partial charge on any atom is -0.495 e. The van der Waals surface area contributed by atoms with Gasteiger partial charge in [0, 0.05) is 29.0 Å². The SMILES string of the molecule is COc1cc(Nc2ccnc3ccc(S(=O)(=O)C(C)C)cc23)ccc1Cl. The third-order valence-electron chi connectivity index (χ3n) is 4.09. The molecule has 0 amide bonds. The Morgan fingerprint density at radius 1 is 1.12 bits per heavy atom. The van der Waals surface area contributed by atoms with Crippen LogP contribution in [0.1, 0.15) is 13.8 Å². The quantitative estimate of drug-likeness (QED) is 0.676. The Kier molecular flexibility index (Phi) is 5.07.